The van der Waals surface area contributed by atoms with E-state index in [0.717, 1.165) is 5.75 Å². The van der Waals surface area contributed by atoms with Gasteiger partial charge in [-0.25, -0.2) is 0 Å². The van der Waals surface area contributed by atoms with Crippen LogP contribution >= 0.6 is 0 Å². The Balaban J connectivity index is 0.000000791. The van der Waals surface area contributed by atoms with Gasteiger partial charge >= 0.3 is 0 Å². The summed E-state index contributed by atoms with van der Waals surface area (Å²) in [5.74, 6) is 0.954. The molecular formula is C13H20O. The molecule has 0 aliphatic rings. The van der Waals surface area contributed by atoms with Crippen LogP contribution in [0.5, 0.6) is 5.75 Å². The van der Waals surface area contributed by atoms with Crippen LogP contribution in [0.4, 0.5) is 0 Å². The lowest BCUT2D eigenvalue weighted by molar-refractivity contribution is 0.360. The van der Waals surface area contributed by atoms with Crippen LogP contribution in [0, 0.1) is 13.8 Å². The van der Waals surface area contributed by atoms with Gasteiger partial charge in [-0.2, -0.15) is 0 Å². The van der Waals surface area contributed by atoms with Gasteiger partial charge in [0.15, 0.2) is 0 Å². The van der Waals surface area contributed by atoms with E-state index < -0.39 is 0 Å². The van der Waals surface area contributed by atoms with Crippen molar-refractivity contribution in [3.05, 3.63) is 42.0 Å². The van der Waals surface area contributed by atoms with Crippen molar-refractivity contribution in [1.29, 1.82) is 0 Å². The van der Waals surface area contributed by atoms with E-state index in [9.17, 15) is 0 Å². The monoisotopic (exact) mass is 192 g/mol. The van der Waals surface area contributed by atoms with Gasteiger partial charge in [0.2, 0.25) is 0 Å². The fraction of sp³-hybridized carbons (Fsp3) is 0.385. The summed E-state index contributed by atoms with van der Waals surface area (Å²) in [5, 5.41) is 0. The quantitative estimate of drug-likeness (QED) is 0.660. The number of aryl methyl sites for hydroxylation is 2. The minimum atomic E-state index is 0.574. The van der Waals surface area contributed by atoms with Gasteiger partial charge in [0, 0.05) is 0 Å². The van der Waals surface area contributed by atoms with Crippen LogP contribution in [0.1, 0.15) is 25.0 Å². The van der Waals surface area contributed by atoms with E-state index in [4.69, 9.17) is 4.74 Å². The predicted octanol–water partition coefficient (Wildman–Crippen LogP) is 3.89. The Morgan fingerprint density at radius 3 is 2.50 bits per heavy atom. The number of benzene rings is 1. The first-order valence-corrected chi connectivity index (χ1v) is 5.05. The van der Waals surface area contributed by atoms with Crippen molar-refractivity contribution in [2.24, 2.45) is 0 Å². The van der Waals surface area contributed by atoms with Crippen LogP contribution in [0.25, 0.3) is 0 Å². The summed E-state index contributed by atoms with van der Waals surface area (Å²) in [7, 11) is 0. The van der Waals surface area contributed by atoms with Crippen LogP contribution in [0.2, 0.25) is 0 Å². The molecule has 1 nitrogen and oxygen atoms in total. The molecular weight excluding hydrogens is 172 g/mol. The van der Waals surface area contributed by atoms with E-state index in [0.29, 0.717) is 6.61 Å². The predicted molar refractivity (Wildman–Crippen MR) is 63.0 cm³/mol. The van der Waals surface area contributed by atoms with Crippen molar-refractivity contribution in [2.45, 2.75) is 27.7 Å². The van der Waals surface area contributed by atoms with Crippen molar-refractivity contribution >= 4 is 0 Å². The zero-order valence-electron chi connectivity index (χ0n) is 9.63. The molecule has 1 rings (SSSR count). The molecule has 0 unspecified atom stereocenters. The molecule has 0 aromatic heterocycles. The molecule has 0 N–H and O–H groups in total. The summed E-state index contributed by atoms with van der Waals surface area (Å²) >= 11 is 0. The van der Waals surface area contributed by atoms with Crippen LogP contribution in [-0.2, 0) is 0 Å². The standard InChI is InChI=1S/C11H14O.C2H6/c1-4-7-12-11-8-9(2)5-6-10(11)3;1-2/h4-6,8H,1,7H2,2-3H3;1-2H3. The lowest BCUT2D eigenvalue weighted by Crippen LogP contribution is -1.95. The Kier molecular flexibility index (Phi) is 6.55. The third-order valence-corrected chi connectivity index (χ3v) is 1.70. The molecule has 0 amide bonds. The molecule has 0 spiro atoms. The second-order valence-corrected chi connectivity index (χ2v) is 2.87. The molecule has 1 aromatic carbocycles. The summed E-state index contributed by atoms with van der Waals surface area (Å²) < 4.78 is 5.45. The first-order valence-electron chi connectivity index (χ1n) is 5.05. The summed E-state index contributed by atoms with van der Waals surface area (Å²) in [4.78, 5) is 0. The highest BCUT2D eigenvalue weighted by Gasteiger charge is 1.97. The first-order chi connectivity index (χ1) is 6.74. The molecule has 0 bridgehead atoms. The van der Waals surface area contributed by atoms with E-state index in [1.54, 1.807) is 6.08 Å². The molecule has 0 atom stereocenters. The zero-order chi connectivity index (χ0) is 11.0. The van der Waals surface area contributed by atoms with Gasteiger partial charge in [-0.15, -0.1) is 0 Å². The van der Waals surface area contributed by atoms with Crippen molar-refractivity contribution in [3.8, 4) is 5.75 Å². The van der Waals surface area contributed by atoms with Crippen LogP contribution in [0.15, 0.2) is 30.9 Å². The van der Waals surface area contributed by atoms with Gasteiger partial charge in [0.25, 0.3) is 0 Å². The van der Waals surface area contributed by atoms with Gasteiger partial charge in [-0.1, -0.05) is 38.6 Å². The smallest absolute Gasteiger partial charge is 0.122 e. The Bertz CT molecular complexity index is 277. The fourth-order valence-electron chi connectivity index (χ4n) is 1.01. The Morgan fingerprint density at radius 2 is 1.93 bits per heavy atom. The average molecular weight is 192 g/mol. The number of hydrogen-bond acceptors (Lipinski definition) is 1. The Labute approximate surface area is 87.4 Å². The number of rotatable bonds is 3. The van der Waals surface area contributed by atoms with Gasteiger partial charge in [0.1, 0.15) is 12.4 Å². The highest BCUT2D eigenvalue weighted by atomic mass is 16.5. The van der Waals surface area contributed by atoms with E-state index in [-0.39, 0.29) is 0 Å². The second kappa shape index (κ2) is 7.19. The van der Waals surface area contributed by atoms with Gasteiger partial charge < -0.3 is 4.74 Å². The minimum absolute atomic E-state index is 0.574. The summed E-state index contributed by atoms with van der Waals surface area (Å²) in [6, 6.07) is 6.18. The molecule has 14 heavy (non-hydrogen) atoms. The maximum atomic E-state index is 5.45. The Morgan fingerprint density at radius 1 is 1.29 bits per heavy atom. The molecule has 0 heterocycles. The maximum absolute atomic E-state index is 5.45. The van der Waals surface area contributed by atoms with Gasteiger partial charge in [0.05, 0.1) is 0 Å². The van der Waals surface area contributed by atoms with Crippen LogP contribution < -0.4 is 4.74 Å². The maximum Gasteiger partial charge on any atom is 0.122 e. The molecule has 0 fully saturated rings. The fourth-order valence-corrected chi connectivity index (χ4v) is 1.01. The third kappa shape index (κ3) is 4.13. The molecule has 78 valence electrons. The van der Waals surface area contributed by atoms with E-state index in [1.165, 1.54) is 11.1 Å². The molecule has 0 radical (unpaired) electrons. The average Bonchev–Trinajstić information content (AvgIpc) is 2.22. The summed E-state index contributed by atoms with van der Waals surface area (Å²) in [6.45, 7) is 12.3. The SMILES string of the molecule is C=CCOc1cc(C)ccc1C.CC. The van der Waals surface area contributed by atoms with Crippen molar-refractivity contribution in [3.63, 3.8) is 0 Å². The van der Waals surface area contributed by atoms with E-state index in [2.05, 4.69) is 25.6 Å². The normalized spacial score (nSPS) is 8.57. The van der Waals surface area contributed by atoms with E-state index >= 15 is 0 Å². The molecule has 0 aliphatic heterocycles. The summed E-state index contributed by atoms with van der Waals surface area (Å²) in [6.07, 6.45) is 1.75. The zero-order valence-corrected chi connectivity index (χ0v) is 9.63. The minimum Gasteiger partial charge on any atom is -0.489 e. The van der Waals surface area contributed by atoms with Crippen LogP contribution in [0.3, 0.4) is 0 Å². The lowest BCUT2D eigenvalue weighted by Gasteiger charge is -2.07. The largest absolute Gasteiger partial charge is 0.489 e. The molecule has 0 saturated heterocycles. The van der Waals surface area contributed by atoms with Crippen LogP contribution in [-0.4, -0.2) is 6.61 Å². The van der Waals surface area contributed by atoms with Crippen molar-refractivity contribution in [1.82, 2.24) is 0 Å². The molecule has 1 heteroatoms. The van der Waals surface area contributed by atoms with Gasteiger partial charge in [-0.05, 0) is 31.0 Å². The molecule has 0 saturated carbocycles. The summed E-state index contributed by atoms with van der Waals surface area (Å²) in [5.41, 5.74) is 2.39. The van der Waals surface area contributed by atoms with Crippen molar-refractivity contribution < 1.29 is 4.74 Å². The third-order valence-electron chi connectivity index (χ3n) is 1.70. The molecule has 1 aromatic rings. The van der Waals surface area contributed by atoms with Crippen molar-refractivity contribution in [2.75, 3.05) is 6.61 Å². The Hall–Kier alpha value is -1.24. The number of hydrogen-bond donors (Lipinski definition) is 0. The highest BCUT2D eigenvalue weighted by molar-refractivity contribution is 5.36. The number of ether oxygens (including phenoxy) is 1. The topological polar surface area (TPSA) is 9.23 Å². The first kappa shape index (κ1) is 12.8. The van der Waals surface area contributed by atoms with Gasteiger partial charge in [-0.3, -0.25) is 0 Å². The highest BCUT2D eigenvalue weighted by Crippen LogP contribution is 2.18. The lowest BCUT2D eigenvalue weighted by atomic mass is 10.1. The molecule has 0 aliphatic carbocycles. The second-order valence-electron chi connectivity index (χ2n) is 2.87. The van der Waals surface area contributed by atoms with E-state index in [1.807, 2.05) is 26.8 Å².